The molecule has 5 nitrogen and oxygen atoms in total. The summed E-state index contributed by atoms with van der Waals surface area (Å²) in [5, 5.41) is 6.81. The van der Waals surface area contributed by atoms with E-state index in [1.165, 1.54) is 18.4 Å². The number of aliphatic imine (C=N–C) groups is 1. The summed E-state index contributed by atoms with van der Waals surface area (Å²) >= 11 is 0. The van der Waals surface area contributed by atoms with Gasteiger partial charge in [0.25, 0.3) is 0 Å². The number of nitrogens with one attached hydrogen (secondary N) is 2. The second-order valence-corrected chi connectivity index (χ2v) is 6.07. The first-order chi connectivity index (χ1) is 11.9. The summed E-state index contributed by atoms with van der Waals surface area (Å²) in [7, 11) is 1.80. The molecule has 1 aliphatic rings. The van der Waals surface area contributed by atoms with Crippen molar-refractivity contribution in [3.8, 4) is 0 Å². The van der Waals surface area contributed by atoms with Gasteiger partial charge < -0.3 is 15.1 Å². The van der Waals surface area contributed by atoms with E-state index >= 15 is 0 Å². The van der Waals surface area contributed by atoms with Crippen molar-refractivity contribution in [2.24, 2.45) is 4.99 Å². The maximum atomic E-state index is 5.66. The quantitative estimate of drug-likeness (QED) is 0.399. The number of nitrogens with zero attached hydrogens (tertiary/aromatic N) is 2. The van der Waals surface area contributed by atoms with Crippen LogP contribution in [0.5, 0.6) is 0 Å². The standard InChI is InChI=1S/C19H26N4O.HI/c1-20-19(21-14-16-8-3-2-4-9-16)22-15-17(18-10-7-13-24-18)23-11-5-6-12-23;/h2-4,7-10,13,17H,5-6,11-12,14-15H2,1H3,(H2,20,21,22);1H. The van der Waals surface area contributed by atoms with Crippen LogP contribution >= 0.6 is 24.0 Å². The highest BCUT2D eigenvalue weighted by molar-refractivity contribution is 14.0. The van der Waals surface area contributed by atoms with Crippen molar-refractivity contribution in [1.29, 1.82) is 0 Å². The van der Waals surface area contributed by atoms with Crippen molar-refractivity contribution >= 4 is 29.9 Å². The molecule has 0 saturated carbocycles. The monoisotopic (exact) mass is 454 g/mol. The van der Waals surface area contributed by atoms with Crippen LogP contribution < -0.4 is 10.6 Å². The fourth-order valence-corrected chi connectivity index (χ4v) is 3.14. The van der Waals surface area contributed by atoms with Crippen molar-refractivity contribution in [3.63, 3.8) is 0 Å². The van der Waals surface area contributed by atoms with Crippen molar-refractivity contribution in [1.82, 2.24) is 15.5 Å². The van der Waals surface area contributed by atoms with Crippen molar-refractivity contribution in [2.45, 2.75) is 25.4 Å². The molecule has 136 valence electrons. The Kier molecular flexibility index (Phi) is 8.27. The van der Waals surface area contributed by atoms with Crippen molar-refractivity contribution in [2.75, 3.05) is 26.7 Å². The van der Waals surface area contributed by atoms with Gasteiger partial charge in [-0.15, -0.1) is 24.0 Å². The highest BCUT2D eigenvalue weighted by atomic mass is 127. The average molecular weight is 454 g/mol. The number of likely N-dealkylation sites (tertiary alicyclic amines) is 1. The zero-order chi connectivity index (χ0) is 16.6. The minimum Gasteiger partial charge on any atom is -0.468 e. The van der Waals surface area contributed by atoms with Crippen LogP contribution in [0.2, 0.25) is 0 Å². The van der Waals surface area contributed by atoms with Crippen LogP contribution in [-0.4, -0.2) is 37.5 Å². The molecule has 1 unspecified atom stereocenters. The third kappa shape index (κ3) is 5.74. The Morgan fingerprint density at radius 2 is 1.88 bits per heavy atom. The maximum Gasteiger partial charge on any atom is 0.191 e. The molecule has 1 aliphatic heterocycles. The van der Waals surface area contributed by atoms with Crippen LogP contribution in [0, 0.1) is 0 Å². The first-order valence-corrected chi connectivity index (χ1v) is 8.62. The SMILES string of the molecule is CN=C(NCc1ccccc1)NCC(c1ccco1)N1CCCC1.I. The van der Waals surface area contributed by atoms with E-state index in [-0.39, 0.29) is 30.0 Å². The Morgan fingerprint density at radius 1 is 1.12 bits per heavy atom. The Hall–Kier alpha value is -1.54. The minimum absolute atomic E-state index is 0. The highest BCUT2D eigenvalue weighted by Crippen LogP contribution is 2.24. The second kappa shape index (κ2) is 10.5. The first kappa shape index (κ1) is 19.8. The molecule has 2 N–H and O–H groups in total. The number of furan rings is 1. The van der Waals surface area contributed by atoms with E-state index in [1.54, 1.807) is 13.3 Å². The molecule has 6 heteroatoms. The van der Waals surface area contributed by atoms with Gasteiger partial charge in [-0.25, -0.2) is 0 Å². The molecule has 2 heterocycles. The van der Waals surface area contributed by atoms with Gasteiger partial charge in [-0.3, -0.25) is 9.89 Å². The normalized spacial score (nSPS) is 16.3. The summed E-state index contributed by atoms with van der Waals surface area (Å²) in [6.07, 6.45) is 4.28. The van der Waals surface area contributed by atoms with E-state index in [0.717, 1.165) is 37.9 Å². The van der Waals surface area contributed by atoms with Crippen molar-refractivity contribution in [3.05, 3.63) is 60.1 Å². The van der Waals surface area contributed by atoms with Gasteiger partial charge in [0.2, 0.25) is 0 Å². The molecule has 0 aliphatic carbocycles. The molecule has 0 radical (unpaired) electrons. The third-order valence-corrected chi connectivity index (χ3v) is 4.44. The van der Waals surface area contributed by atoms with Crippen LogP contribution in [0.4, 0.5) is 0 Å². The fraction of sp³-hybridized carbons (Fsp3) is 0.421. The van der Waals surface area contributed by atoms with Gasteiger partial charge in [0.1, 0.15) is 5.76 Å². The number of hydrogen-bond donors (Lipinski definition) is 2. The summed E-state index contributed by atoms with van der Waals surface area (Å²) in [6.45, 7) is 3.80. The zero-order valence-corrected chi connectivity index (χ0v) is 17.0. The van der Waals surface area contributed by atoms with E-state index in [9.17, 15) is 0 Å². The predicted molar refractivity (Wildman–Crippen MR) is 112 cm³/mol. The van der Waals surface area contributed by atoms with Gasteiger partial charge in [0, 0.05) is 20.1 Å². The first-order valence-electron chi connectivity index (χ1n) is 8.62. The van der Waals surface area contributed by atoms with Gasteiger partial charge in [0.05, 0.1) is 12.3 Å². The van der Waals surface area contributed by atoms with E-state index in [1.807, 2.05) is 24.3 Å². The minimum atomic E-state index is 0. The molecule has 0 spiro atoms. The molecule has 1 aromatic heterocycles. The van der Waals surface area contributed by atoms with Crippen molar-refractivity contribution < 1.29 is 4.42 Å². The molecule has 1 fully saturated rings. The number of guanidine groups is 1. The smallest absolute Gasteiger partial charge is 0.191 e. The van der Waals surface area contributed by atoms with Crippen LogP contribution in [0.15, 0.2) is 58.1 Å². The molecule has 1 aromatic carbocycles. The van der Waals surface area contributed by atoms with Crippen LogP contribution in [0.25, 0.3) is 0 Å². The maximum absolute atomic E-state index is 5.66. The molecule has 2 aromatic rings. The largest absolute Gasteiger partial charge is 0.468 e. The molecule has 1 saturated heterocycles. The topological polar surface area (TPSA) is 52.8 Å². The number of halogens is 1. The van der Waals surface area contributed by atoms with Crippen LogP contribution in [0.3, 0.4) is 0 Å². The Balaban J connectivity index is 0.00000225. The van der Waals surface area contributed by atoms with E-state index < -0.39 is 0 Å². The second-order valence-electron chi connectivity index (χ2n) is 6.07. The lowest BCUT2D eigenvalue weighted by Gasteiger charge is -2.26. The van der Waals surface area contributed by atoms with Crippen LogP contribution in [-0.2, 0) is 6.54 Å². The summed E-state index contributed by atoms with van der Waals surface area (Å²) < 4.78 is 5.66. The van der Waals surface area contributed by atoms with Gasteiger partial charge in [-0.1, -0.05) is 30.3 Å². The lowest BCUT2D eigenvalue weighted by molar-refractivity contribution is 0.215. The van der Waals surface area contributed by atoms with E-state index in [0.29, 0.717) is 0 Å². The summed E-state index contributed by atoms with van der Waals surface area (Å²) in [5.41, 5.74) is 1.24. The lowest BCUT2D eigenvalue weighted by Crippen LogP contribution is -2.42. The Bertz CT molecular complexity index is 624. The fourth-order valence-electron chi connectivity index (χ4n) is 3.14. The molecular formula is C19H27IN4O. The van der Waals surface area contributed by atoms with E-state index in [2.05, 4.69) is 38.7 Å². The number of benzene rings is 1. The Morgan fingerprint density at radius 3 is 2.52 bits per heavy atom. The molecule has 3 rings (SSSR count). The zero-order valence-electron chi connectivity index (χ0n) is 14.6. The Labute approximate surface area is 166 Å². The van der Waals surface area contributed by atoms with Gasteiger partial charge in [0.15, 0.2) is 5.96 Å². The molecular weight excluding hydrogens is 427 g/mol. The van der Waals surface area contributed by atoms with Crippen LogP contribution in [0.1, 0.15) is 30.2 Å². The van der Waals surface area contributed by atoms with Gasteiger partial charge in [-0.05, 0) is 43.6 Å². The van der Waals surface area contributed by atoms with E-state index in [4.69, 9.17) is 4.42 Å². The molecule has 0 bridgehead atoms. The number of rotatable bonds is 6. The van der Waals surface area contributed by atoms with Gasteiger partial charge in [-0.2, -0.15) is 0 Å². The molecule has 1 atom stereocenters. The highest BCUT2D eigenvalue weighted by Gasteiger charge is 2.25. The third-order valence-electron chi connectivity index (χ3n) is 4.44. The average Bonchev–Trinajstić information content (AvgIpc) is 3.33. The summed E-state index contributed by atoms with van der Waals surface area (Å²) in [6, 6.07) is 14.6. The summed E-state index contributed by atoms with van der Waals surface area (Å²) in [5.74, 6) is 1.83. The van der Waals surface area contributed by atoms with Gasteiger partial charge >= 0.3 is 0 Å². The lowest BCUT2D eigenvalue weighted by atomic mass is 10.2. The summed E-state index contributed by atoms with van der Waals surface area (Å²) in [4.78, 5) is 6.81. The predicted octanol–water partition coefficient (Wildman–Crippen LogP) is 3.40. The number of hydrogen-bond acceptors (Lipinski definition) is 3. The molecule has 25 heavy (non-hydrogen) atoms. The molecule has 0 amide bonds.